The predicted molar refractivity (Wildman–Crippen MR) is 124 cm³/mol. The molecule has 1 N–H and O–H groups in total. The third-order valence-corrected chi connectivity index (χ3v) is 8.98. The molecule has 2 aromatic carbocycles. The van der Waals surface area contributed by atoms with Gasteiger partial charge in [-0.1, -0.05) is 12.8 Å². The van der Waals surface area contributed by atoms with Crippen molar-refractivity contribution in [3.63, 3.8) is 0 Å². The summed E-state index contributed by atoms with van der Waals surface area (Å²) in [5.41, 5.74) is -0.0781. The van der Waals surface area contributed by atoms with E-state index in [4.69, 9.17) is 0 Å². The Morgan fingerprint density at radius 3 is 2.09 bits per heavy atom. The summed E-state index contributed by atoms with van der Waals surface area (Å²) in [5.74, 6) is -0.854. The van der Waals surface area contributed by atoms with Gasteiger partial charge in [0.05, 0.1) is 12.1 Å². The van der Waals surface area contributed by atoms with E-state index in [1.54, 1.807) is 23.4 Å². The third kappa shape index (κ3) is 4.16. The lowest BCUT2D eigenvalue weighted by molar-refractivity contribution is 0.0216. The minimum atomic E-state index is -3.66. The minimum Gasteiger partial charge on any atom is -0.387 e. The molecule has 1 aliphatic carbocycles. The van der Waals surface area contributed by atoms with Crippen molar-refractivity contribution in [3.05, 3.63) is 48.0 Å². The van der Waals surface area contributed by atoms with Crippen LogP contribution in [-0.4, -0.2) is 58.0 Å². The second kappa shape index (κ2) is 8.30. The van der Waals surface area contributed by atoms with Gasteiger partial charge in [0.15, 0.2) is 0 Å². The summed E-state index contributed by atoms with van der Waals surface area (Å²) in [4.78, 5) is 0. The van der Waals surface area contributed by atoms with Gasteiger partial charge in [-0.2, -0.15) is 17.0 Å². The van der Waals surface area contributed by atoms with Gasteiger partial charge in [-0.25, -0.2) is 8.78 Å². The van der Waals surface area contributed by atoms with Crippen LogP contribution in [0.3, 0.4) is 0 Å². The van der Waals surface area contributed by atoms with Crippen molar-refractivity contribution in [2.75, 3.05) is 19.6 Å². The molecule has 1 aromatic heterocycles. The summed E-state index contributed by atoms with van der Waals surface area (Å²) in [6, 6.07) is 8.64. The van der Waals surface area contributed by atoms with Gasteiger partial charge in [0.2, 0.25) is 0 Å². The normalized spacial score (nSPS) is 22.3. The summed E-state index contributed by atoms with van der Waals surface area (Å²) in [6.07, 6.45) is 4.59. The quantitative estimate of drug-likeness (QED) is 0.604. The molecule has 2 aliphatic rings. The minimum absolute atomic E-state index is 0.0462. The number of aliphatic hydroxyl groups is 1. The van der Waals surface area contributed by atoms with Crippen molar-refractivity contribution in [1.29, 1.82) is 0 Å². The first-order valence-corrected chi connectivity index (χ1v) is 12.9. The van der Waals surface area contributed by atoms with E-state index in [0.29, 0.717) is 34.9 Å². The molecule has 2 heterocycles. The first-order valence-electron chi connectivity index (χ1n) is 11.5. The number of fused-ring (bicyclic) bond motifs is 3. The van der Waals surface area contributed by atoms with Crippen LogP contribution < -0.4 is 0 Å². The average Bonchev–Trinajstić information content (AvgIpc) is 3.36. The van der Waals surface area contributed by atoms with Crippen molar-refractivity contribution in [2.24, 2.45) is 0 Å². The molecular weight excluding hydrogens is 448 g/mol. The molecule has 1 atom stereocenters. The van der Waals surface area contributed by atoms with Crippen molar-refractivity contribution in [1.82, 2.24) is 13.2 Å². The zero-order valence-electron chi connectivity index (χ0n) is 18.7. The van der Waals surface area contributed by atoms with Crippen LogP contribution in [0.5, 0.6) is 0 Å². The Kier molecular flexibility index (Phi) is 5.71. The topological polar surface area (TPSA) is 65.8 Å². The lowest BCUT2D eigenvalue weighted by atomic mass is 10.1. The van der Waals surface area contributed by atoms with Crippen LogP contribution in [0.1, 0.15) is 39.0 Å². The first-order chi connectivity index (χ1) is 15.7. The number of benzene rings is 2. The van der Waals surface area contributed by atoms with Gasteiger partial charge in [-0.05, 0) is 62.6 Å². The summed E-state index contributed by atoms with van der Waals surface area (Å²) in [5, 5.41) is 12.5. The van der Waals surface area contributed by atoms with Crippen LogP contribution in [0, 0.1) is 11.6 Å². The molecule has 0 amide bonds. The largest absolute Gasteiger partial charge is 0.387 e. The van der Waals surface area contributed by atoms with E-state index >= 15 is 0 Å². The van der Waals surface area contributed by atoms with Crippen LogP contribution in [0.4, 0.5) is 8.78 Å². The summed E-state index contributed by atoms with van der Waals surface area (Å²) >= 11 is 0. The lowest BCUT2D eigenvalue weighted by Crippen LogP contribution is -2.56. The fraction of sp³-hybridized carbons (Fsp3) is 0.500. The zero-order valence-corrected chi connectivity index (χ0v) is 19.5. The van der Waals surface area contributed by atoms with Crippen LogP contribution in [0.2, 0.25) is 0 Å². The monoisotopic (exact) mass is 477 g/mol. The maximum absolute atomic E-state index is 13.9. The average molecular weight is 478 g/mol. The predicted octanol–water partition coefficient (Wildman–Crippen LogP) is 4.02. The Balaban J connectivity index is 1.46. The highest BCUT2D eigenvalue weighted by molar-refractivity contribution is 7.86. The van der Waals surface area contributed by atoms with Crippen LogP contribution in [0.25, 0.3) is 21.8 Å². The molecule has 6 nitrogen and oxygen atoms in total. The van der Waals surface area contributed by atoms with Gasteiger partial charge in [-0.3, -0.25) is 0 Å². The van der Waals surface area contributed by atoms with E-state index in [2.05, 4.69) is 0 Å². The van der Waals surface area contributed by atoms with Gasteiger partial charge in [0.1, 0.15) is 11.6 Å². The van der Waals surface area contributed by atoms with E-state index < -0.39 is 27.4 Å². The molecule has 1 unspecified atom stereocenters. The summed E-state index contributed by atoms with van der Waals surface area (Å²) < 4.78 is 59.4. The van der Waals surface area contributed by atoms with Crippen molar-refractivity contribution in [3.8, 4) is 0 Å². The molecule has 0 spiro atoms. The highest BCUT2D eigenvalue weighted by atomic mass is 32.2. The second-order valence-electron chi connectivity index (χ2n) is 9.65. The maximum Gasteiger partial charge on any atom is 0.282 e. The summed E-state index contributed by atoms with van der Waals surface area (Å²) in [7, 11) is -3.66. The molecule has 5 rings (SSSR count). The molecular formula is C24H29F2N3O3S. The molecule has 0 bridgehead atoms. The van der Waals surface area contributed by atoms with Crippen LogP contribution in [0.15, 0.2) is 36.4 Å². The summed E-state index contributed by atoms with van der Waals surface area (Å²) in [6.45, 7) is 2.53. The SMILES string of the molecule is CC(O)(CN1CCCN(C2CCCC2)S1(=O)=O)Cn1c2ccc(F)cc2c2cc(F)ccc21. The Labute approximate surface area is 192 Å². The van der Waals surface area contributed by atoms with E-state index in [1.807, 2.05) is 4.57 Å². The Morgan fingerprint density at radius 2 is 1.52 bits per heavy atom. The van der Waals surface area contributed by atoms with Crippen LogP contribution in [-0.2, 0) is 16.8 Å². The molecule has 1 aliphatic heterocycles. The highest BCUT2D eigenvalue weighted by Crippen LogP contribution is 2.33. The molecule has 178 valence electrons. The number of β-amino-alcohol motifs (C(OH)–C–C–N with tert-alkyl or cyclic N) is 1. The molecule has 9 heteroatoms. The number of halogens is 2. The van der Waals surface area contributed by atoms with E-state index in [0.717, 1.165) is 32.1 Å². The number of hydrogen-bond donors (Lipinski definition) is 1. The van der Waals surface area contributed by atoms with Crippen molar-refractivity contribution >= 4 is 32.0 Å². The zero-order chi connectivity index (χ0) is 23.4. The molecule has 0 radical (unpaired) electrons. The fourth-order valence-corrected chi connectivity index (χ4v) is 7.54. The van der Waals surface area contributed by atoms with E-state index in [1.165, 1.54) is 28.6 Å². The molecule has 3 aromatic rings. The Bertz CT molecular complexity index is 1240. The Morgan fingerprint density at radius 1 is 0.939 bits per heavy atom. The van der Waals surface area contributed by atoms with Crippen molar-refractivity contribution in [2.45, 2.75) is 57.2 Å². The number of rotatable bonds is 5. The fourth-order valence-electron chi connectivity index (χ4n) is 5.50. The number of aromatic nitrogens is 1. The van der Waals surface area contributed by atoms with Crippen LogP contribution >= 0.6 is 0 Å². The van der Waals surface area contributed by atoms with Gasteiger partial charge in [0, 0.05) is 47.5 Å². The van der Waals surface area contributed by atoms with Crippen molar-refractivity contribution < 1.29 is 22.3 Å². The third-order valence-electron chi connectivity index (χ3n) is 6.95. The first kappa shape index (κ1) is 22.7. The molecule has 2 fully saturated rings. The lowest BCUT2D eigenvalue weighted by Gasteiger charge is -2.40. The van der Waals surface area contributed by atoms with E-state index in [-0.39, 0.29) is 19.1 Å². The van der Waals surface area contributed by atoms with Gasteiger partial charge in [-0.15, -0.1) is 0 Å². The molecule has 1 saturated carbocycles. The van der Waals surface area contributed by atoms with E-state index in [9.17, 15) is 22.3 Å². The number of nitrogens with zero attached hydrogens (tertiary/aromatic N) is 3. The van der Waals surface area contributed by atoms with Gasteiger partial charge >= 0.3 is 0 Å². The Hall–Kier alpha value is -2.07. The number of hydrogen-bond acceptors (Lipinski definition) is 3. The highest BCUT2D eigenvalue weighted by Gasteiger charge is 2.41. The molecule has 33 heavy (non-hydrogen) atoms. The smallest absolute Gasteiger partial charge is 0.282 e. The molecule has 1 saturated heterocycles. The second-order valence-corrected chi connectivity index (χ2v) is 11.5. The van der Waals surface area contributed by atoms with Gasteiger partial charge in [0.25, 0.3) is 10.2 Å². The maximum atomic E-state index is 13.9. The standard InChI is InChI=1S/C24H29F2N3O3S/c1-24(30,15-27-11-4-12-29(33(27,31)32)19-5-2-3-6-19)16-28-22-9-7-17(25)13-20(22)21-14-18(26)8-10-23(21)28/h7-10,13-14,19,30H,2-6,11-12,15-16H2,1H3. The van der Waals surface area contributed by atoms with Gasteiger partial charge < -0.3 is 9.67 Å².